The van der Waals surface area contributed by atoms with Crippen molar-refractivity contribution in [2.24, 2.45) is 5.73 Å². The largest absolute Gasteiger partial charge is 0.507 e. The third-order valence-corrected chi connectivity index (χ3v) is 2.61. The van der Waals surface area contributed by atoms with Gasteiger partial charge in [-0.15, -0.1) is 11.8 Å². The lowest BCUT2D eigenvalue weighted by molar-refractivity contribution is 0.267. The lowest BCUT2D eigenvalue weighted by Crippen LogP contribution is -2.14. The van der Waals surface area contributed by atoms with Gasteiger partial charge in [0.25, 0.3) is 0 Å². The zero-order valence-electron chi connectivity index (χ0n) is 7.40. The number of phenols is 1. The minimum atomic E-state index is -0.415. The molecular weight excluding hydrogens is 186 g/mol. The standard InChI is InChI=1S/C9H13NO2S/c1-13-9-3-2-6(4-8(9)12)7(10)5-11/h2-4,7,11-12H,5,10H2,1H3. The number of thioether (sulfide) groups is 1. The fourth-order valence-electron chi connectivity index (χ4n) is 1.04. The van der Waals surface area contributed by atoms with Gasteiger partial charge in [0.2, 0.25) is 0 Å². The molecule has 0 fully saturated rings. The van der Waals surface area contributed by atoms with E-state index in [1.807, 2.05) is 12.3 Å². The minimum absolute atomic E-state index is 0.113. The number of rotatable bonds is 3. The van der Waals surface area contributed by atoms with Gasteiger partial charge >= 0.3 is 0 Å². The Morgan fingerprint density at radius 3 is 2.69 bits per heavy atom. The number of hydrogen-bond donors (Lipinski definition) is 3. The molecule has 0 heterocycles. The third-order valence-electron chi connectivity index (χ3n) is 1.83. The van der Waals surface area contributed by atoms with Crippen molar-refractivity contribution >= 4 is 11.8 Å². The molecule has 1 unspecified atom stereocenters. The van der Waals surface area contributed by atoms with Gasteiger partial charge in [-0.25, -0.2) is 0 Å². The number of benzene rings is 1. The molecule has 1 atom stereocenters. The van der Waals surface area contributed by atoms with Crippen LogP contribution < -0.4 is 5.73 Å². The van der Waals surface area contributed by atoms with E-state index in [0.717, 1.165) is 10.5 Å². The van der Waals surface area contributed by atoms with Gasteiger partial charge in [-0.1, -0.05) is 6.07 Å². The molecule has 0 spiro atoms. The summed E-state index contributed by atoms with van der Waals surface area (Å²) in [6.07, 6.45) is 1.89. The lowest BCUT2D eigenvalue weighted by Gasteiger charge is -2.10. The van der Waals surface area contributed by atoms with Crippen LogP contribution in [-0.2, 0) is 0 Å². The quantitative estimate of drug-likeness (QED) is 0.638. The van der Waals surface area contributed by atoms with Gasteiger partial charge < -0.3 is 15.9 Å². The minimum Gasteiger partial charge on any atom is -0.507 e. The molecule has 3 nitrogen and oxygen atoms in total. The Bertz CT molecular complexity index is 291. The summed E-state index contributed by atoms with van der Waals surface area (Å²) in [7, 11) is 0. The average molecular weight is 199 g/mol. The molecule has 0 aliphatic rings. The van der Waals surface area contributed by atoms with Crippen LogP contribution in [0.1, 0.15) is 11.6 Å². The average Bonchev–Trinajstić information content (AvgIpc) is 2.16. The van der Waals surface area contributed by atoms with Crippen molar-refractivity contribution in [3.05, 3.63) is 23.8 Å². The van der Waals surface area contributed by atoms with Crippen molar-refractivity contribution in [3.8, 4) is 5.75 Å². The van der Waals surface area contributed by atoms with Crippen LogP contribution in [0, 0.1) is 0 Å². The Hall–Kier alpha value is -0.710. The van der Waals surface area contributed by atoms with Gasteiger partial charge in [0.05, 0.1) is 12.6 Å². The predicted octanol–water partition coefficient (Wildman–Crippen LogP) is 1.11. The normalized spacial score (nSPS) is 12.8. The van der Waals surface area contributed by atoms with Crippen LogP contribution in [0.3, 0.4) is 0 Å². The SMILES string of the molecule is CSc1ccc(C(N)CO)cc1O. The van der Waals surface area contributed by atoms with Crippen LogP contribution in [-0.4, -0.2) is 23.1 Å². The first kappa shape index (κ1) is 10.4. The van der Waals surface area contributed by atoms with E-state index in [9.17, 15) is 5.11 Å². The summed E-state index contributed by atoms with van der Waals surface area (Å²) < 4.78 is 0. The summed E-state index contributed by atoms with van der Waals surface area (Å²) >= 11 is 1.47. The van der Waals surface area contributed by atoms with E-state index in [1.165, 1.54) is 11.8 Å². The van der Waals surface area contributed by atoms with Crippen molar-refractivity contribution in [3.63, 3.8) is 0 Å². The molecule has 0 bridgehead atoms. The van der Waals surface area contributed by atoms with E-state index in [4.69, 9.17) is 10.8 Å². The fourth-order valence-corrected chi connectivity index (χ4v) is 1.52. The number of aliphatic hydroxyl groups is 1. The first-order chi connectivity index (χ1) is 6.19. The van der Waals surface area contributed by atoms with E-state index in [2.05, 4.69) is 0 Å². The first-order valence-electron chi connectivity index (χ1n) is 3.92. The maximum absolute atomic E-state index is 9.48. The first-order valence-corrected chi connectivity index (χ1v) is 5.15. The van der Waals surface area contributed by atoms with Crippen LogP contribution in [0.25, 0.3) is 0 Å². The Labute approximate surface area is 81.6 Å². The van der Waals surface area contributed by atoms with Gasteiger partial charge in [-0.05, 0) is 24.0 Å². The number of nitrogens with two attached hydrogens (primary N) is 1. The maximum Gasteiger partial charge on any atom is 0.129 e. The molecule has 0 saturated carbocycles. The lowest BCUT2D eigenvalue weighted by atomic mass is 10.1. The Morgan fingerprint density at radius 1 is 1.54 bits per heavy atom. The van der Waals surface area contributed by atoms with E-state index in [0.29, 0.717) is 0 Å². The van der Waals surface area contributed by atoms with Gasteiger partial charge in [0.15, 0.2) is 0 Å². The van der Waals surface area contributed by atoms with Gasteiger partial charge in [-0.3, -0.25) is 0 Å². The van der Waals surface area contributed by atoms with Gasteiger partial charge in [-0.2, -0.15) is 0 Å². The predicted molar refractivity (Wildman–Crippen MR) is 53.9 cm³/mol. The molecule has 1 aromatic rings. The number of aromatic hydroxyl groups is 1. The highest BCUT2D eigenvalue weighted by Gasteiger charge is 2.07. The zero-order valence-corrected chi connectivity index (χ0v) is 8.21. The summed E-state index contributed by atoms with van der Waals surface area (Å²) in [5, 5.41) is 18.3. The Kier molecular flexibility index (Phi) is 3.59. The molecule has 0 saturated heterocycles. The maximum atomic E-state index is 9.48. The molecule has 13 heavy (non-hydrogen) atoms. The van der Waals surface area contributed by atoms with Crippen molar-refractivity contribution in [1.82, 2.24) is 0 Å². The molecule has 0 aliphatic heterocycles. The van der Waals surface area contributed by atoms with Crippen LogP contribution >= 0.6 is 11.8 Å². The monoisotopic (exact) mass is 199 g/mol. The van der Waals surface area contributed by atoms with Crippen molar-refractivity contribution in [2.45, 2.75) is 10.9 Å². The molecule has 4 N–H and O–H groups in total. The second kappa shape index (κ2) is 4.50. The van der Waals surface area contributed by atoms with E-state index < -0.39 is 6.04 Å². The summed E-state index contributed by atoms with van der Waals surface area (Å²) in [4.78, 5) is 0.814. The highest BCUT2D eigenvalue weighted by Crippen LogP contribution is 2.28. The summed E-state index contributed by atoms with van der Waals surface area (Å²) in [6.45, 7) is -0.113. The number of hydrogen-bond acceptors (Lipinski definition) is 4. The zero-order chi connectivity index (χ0) is 9.84. The highest BCUT2D eigenvalue weighted by molar-refractivity contribution is 7.98. The molecule has 0 amide bonds. The van der Waals surface area contributed by atoms with Crippen LogP contribution in [0.2, 0.25) is 0 Å². The van der Waals surface area contributed by atoms with E-state index in [-0.39, 0.29) is 12.4 Å². The number of phenolic OH excluding ortho intramolecular Hbond substituents is 1. The topological polar surface area (TPSA) is 66.5 Å². The molecule has 1 aromatic carbocycles. The molecule has 72 valence electrons. The van der Waals surface area contributed by atoms with Crippen LogP contribution in [0.4, 0.5) is 0 Å². The smallest absolute Gasteiger partial charge is 0.129 e. The molecule has 0 aromatic heterocycles. The highest BCUT2D eigenvalue weighted by atomic mass is 32.2. The van der Waals surface area contributed by atoms with Crippen molar-refractivity contribution < 1.29 is 10.2 Å². The summed E-state index contributed by atoms with van der Waals surface area (Å²) in [5.74, 6) is 0.217. The Balaban J connectivity index is 2.95. The van der Waals surface area contributed by atoms with E-state index in [1.54, 1.807) is 12.1 Å². The fraction of sp³-hybridized carbons (Fsp3) is 0.333. The molecule has 1 rings (SSSR count). The van der Waals surface area contributed by atoms with Gasteiger partial charge in [0, 0.05) is 4.90 Å². The molecule has 0 radical (unpaired) electrons. The summed E-state index contributed by atoms with van der Waals surface area (Å²) in [6, 6.07) is 4.78. The Morgan fingerprint density at radius 2 is 2.23 bits per heavy atom. The van der Waals surface area contributed by atoms with E-state index >= 15 is 0 Å². The van der Waals surface area contributed by atoms with Crippen LogP contribution in [0.5, 0.6) is 5.75 Å². The van der Waals surface area contributed by atoms with Crippen LogP contribution in [0.15, 0.2) is 23.1 Å². The molecule has 4 heteroatoms. The van der Waals surface area contributed by atoms with Crippen molar-refractivity contribution in [1.29, 1.82) is 0 Å². The molecule has 0 aliphatic carbocycles. The second-order valence-corrected chi connectivity index (χ2v) is 3.57. The second-order valence-electron chi connectivity index (χ2n) is 2.72. The molecular formula is C9H13NO2S. The van der Waals surface area contributed by atoms with Gasteiger partial charge in [0.1, 0.15) is 5.75 Å². The number of aliphatic hydroxyl groups excluding tert-OH is 1. The van der Waals surface area contributed by atoms with Crippen molar-refractivity contribution in [2.75, 3.05) is 12.9 Å². The summed E-state index contributed by atoms with van der Waals surface area (Å²) in [5.41, 5.74) is 6.33. The third kappa shape index (κ3) is 2.37.